The Morgan fingerprint density at radius 3 is 2.27 bits per heavy atom. The summed E-state index contributed by atoms with van der Waals surface area (Å²) >= 11 is 0. The highest BCUT2D eigenvalue weighted by molar-refractivity contribution is 5.92. The number of benzene rings is 1. The maximum absolute atomic E-state index is 12.4. The quantitative estimate of drug-likeness (QED) is 0.633. The summed E-state index contributed by atoms with van der Waals surface area (Å²) in [6.45, 7) is 0.645. The molecule has 26 heavy (non-hydrogen) atoms. The number of likely N-dealkylation sites (tertiary alicyclic amines) is 1. The number of nitrogens with one attached hydrogen (secondary N) is 2. The van der Waals surface area contributed by atoms with Gasteiger partial charge in [-0.15, -0.1) is 0 Å². The molecule has 0 bridgehead atoms. The molecule has 0 unspecified atom stereocenters. The lowest BCUT2D eigenvalue weighted by Crippen LogP contribution is -2.57. The van der Waals surface area contributed by atoms with Crippen molar-refractivity contribution >= 4 is 29.6 Å². The number of anilines is 1. The zero-order valence-electron chi connectivity index (χ0n) is 13.9. The first-order chi connectivity index (χ1) is 12.3. The summed E-state index contributed by atoms with van der Waals surface area (Å²) in [4.78, 5) is 47.8. The highest BCUT2D eigenvalue weighted by Gasteiger charge is 2.52. The lowest BCUT2D eigenvalue weighted by atomic mass is 9.78. The molecule has 9 heteroatoms. The Balaban J connectivity index is 1.61. The van der Waals surface area contributed by atoms with E-state index < -0.39 is 23.4 Å². The van der Waals surface area contributed by atoms with E-state index in [0.717, 1.165) is 0 Å². The van der Waals surface area contributed by atoms with E-state index in [9.17, 15) is 24.3 Å². The number of nitrogens with zero attached hydrogens (tertiary/aromatic N) is 1. The molecule has 2 aliphatic heterocycles. The molecule has 0 aliphatic carbocycles. The van der Waals surface area contributed by atoms with E-state index in [1.807, 2.05) is 0 Å². The Morgan fingerprint density at radius 2 is 1.73 bits per heavy atom. The van der Waals surface area contributed by atoms with Gasteiger partial charge in [-0.25, -0.2) is 9.59 Å². The van der Waals surface area contributed by atoms with E-state index in [0.29, 0.717) is 31.6 Å². The summed E-state index contributed by atoms with van der Waals surface area (Å²) in [5, 5.41) is 23.7. The molecular weight excluding hydrogens is 342 g/mol. The first-order valence-corrected chi connectivity index (χ1v) is 8.24. The molecule has 1 spiro atoms. The Bertz CT molecular complexity index is 752. The third kappa shape index (κ3) is 3.32. The molecule has 0 saturated carbocycles. The van der Waals surface area contributed by atoms with Gasteiger partial charge in [0.15, 0.2) is 0 Å². The van der Waals surface area contributed by atoms with Crippen LogP contribution in [-0.2, 0) is 9.59 Å². The maximum atomic E-state index is 12.4. The van der Waals surface area contributed by atoms with E-state index in [1.165, 1.54) is 24.3 Å². The molecule has 3 amide bonds. The first-order valence-electron chi connectivity index (χ1n) is 8.24. The van der Waals surface area contributed by atoms with Gasteiger partial charge in [-0.3, -0.25) is 9.59 Å². The van der Waals surface area contributed by atoms with Crippen molar-refractivity contribution in [2.75, 3.05) is 18.4 Å². The second-order valence-electron chi connectivity index (χ2n) is 6.60. The van der Waals surface area contributed by atoms with E-state index in [1.54, 1.807) is 4.90 Å². The minimum atomic E-state index is -1.05. The van der Waals surface area contributed by atoms with Crippen LogP contribution in [0.5, 0.6) is 0 Å². The smallest absolute Gasteiger partial charge is 0.335 e. The summed E-state index contributed by atoms with van der Waals surface area (Å²) in [7, 11) is 0. The number of hydrogen-bond donors (Lipinski definition) is 4. The molecule has 0 radical (unpaired) electrons. The fourth-order valence-electron chi connectivity index (χ4n) is 3.60. The van der Waals surface area contributed by atoms with Crippen LogP contribution in [0.25, 0.3) is 0 Å². The SMILES string of the molecule is O=C1C[C@H](C(=O)O)C2(CCN(C(=O)Nc3ccc(C(=O)O)cc3)CC2)N1. The fraction of sp³-hybridized carbons (Fsp3) is 0.412. The maximum Gasteiger partial charge on any atom is 0.335 e. The molecule has 138 valence electrons. The van der Waals surface area contributed by atoms with Crippen LogP contribution in [0.15, 0.2) is 24.3 Å². The standard InChI is InChI=1S/C17H19N3O6/c21-13-9-12(15(24)25)17(19-13)5-7-20(8-6-17)16(26)18-11-3-1-10(2-4-11)14(22)23/h1-4,12H,5-9H2,(H,18,26)(H,19,21)(H,22,23)(H,24,25)/t12-/m1/s1. The normalized spacial score (nSPS) is 21.3. The van der Waals surface area contributed by atoms with E-state index in [-0.39, 0.29) is 23.9 Å². The molecular formula is C17H19N3O6. The van der Waals surface area contributed by atoms with Gasteiger partial charge in [-0.05, 0) is 37.1 Å². The third-order valence-corrected chi connectivity index (χ3v) is 5.07. The highest BCUT2D eigenvalue weighted by atomic mass is 16.4. The lowest BCUT2D eigenvalue weighted by Gasteiger charge is -2.41. The summed E-state index contributed by atoms with van der Waals surface area (Å²) in [5.41, 5.74) is -0.194. The molecule has 1 aromatic carbocycles. The van der Waals surface area contributed by atoms with E-state index >= 15 is 0 Å². The van der Waals surface area contributed by atoms with Crippen LogP contribution < -0.4 is 10.6 Å². The van der Waals surface area contributed by atoms with Crippen molar-refractivity contribution in [3.63, 3.8) is 0 Å². The summed E-state index contributed by atoms with van der Waals surface area (Å²) in [6.07, 6.45) is 0.722. The monoisotopic (exact) mass is 361 g/mol. The average molecular weight is 361 g/mol. The van der Waals surface area contributed by atoms with Crippen LogP contribution >= 0.6 is 0 Å². The number of carbonyl (C=O) groups excluding carboxylic acids is 2. The van der Waals surface area contributed by atoms with Crippen molar-refractivity contribution in [1.29, 1.82) is 0 Å². The van der Waals surface area contributed by atoms with Crippen molar-refractivity contribution in [3.8, 4) is 0 Å². The van der Waals surface area contributed by atoms with Crippen LogP contribution in [-0.4, -0.2) is 57.6 Å². The van der Waals surface area contributed by atoms with Gasteiger partial charge in [0.05, 0.1) is 17.0 Å². The highest BCUT2D eigenvalue weighted by Crippen LogP contribution is 2.37. The van der Waals surface area contributed by atoms with E-state index in [2.05, 4.69) is 10.6 Å². The number of carboxylic acids is 2. The number of rotatable bonds is 3. The molecule has 2 aliphatic rings. The molecule has 2 fully saturated rings. The fourth-order valence-corrected chi connectivity index (χ4v) is 3.60. The Labute approximate surface area is 149 Å². The van der Waals surface area contributed by atoms with Gasteiger partial charge in [0, 0.05) is 25.2 Å². The number of aliphatic carboxylic acids is 1. The minimum absolute atomic E-state index is 0.0303. The van der Waals surface area contributed by atoms with E-state index in [4.69, 9.17) is 5.11 Å². The summed E-state index contributed by atoms with van der Waals surface area (Å²) < 4.78 is 0. The van der Waals surface area contributed by atoms with Crippen LogP contribution in [0.2, 0.25) is 0 Å². The number of carboxylic acid groups (broad SMARTS) is 2. The first kappa shape index (κ1) is 17.7. The predicted octanol–water partition coefficient (Wildman–Crippen LogP) is 0.972. The van der Waals surface area contributed by atoms with Crippen molar-refractivity contribution < 1.29 is 29.4 Å². The molecule has 2 saturated heterocycles. The van der Waals surface area contributed by atoms with Gasteiger partial charge in [0.25, 0.3) is 0 Å². The molecule has 3 rings (SSSR count). The van der Waals surface area contributed by atoms with Crippen LogP contribution in [0.4, 0.5) is 10.5 Å². The molecule has 1 atom stereocenters. The Morgan fingerprint density at radius 1 is 1.12 bits per heavy atom. The largest absolute Gasteiger partial charge is 0.481 e. The van der Waals surface area contributed by atoms with Crippen LogP contribution in [0, 0.1) is 5.92 Å². The lowest BCUT2D eigenvalue weighted by molar-refractivity contribution is -0.144. The van der Waals surface area contributed by atoms with Crippen molar-refractivity contribution in [1.82, 2.24) is 10.2 Å². The van der Waals surface area contributed by atoms with Gasteiger partial charge in [0.2, 0.25) is 5.91 Å². The number of amides is 3. The van der Waals surface area contributed by atoms with Gasteiger partial charge in [0.1, 0.15) is 0 Å². The predicted molar refractivity (Wildman–Crippen MR) is 89.8 cm³/mol. The second-order valence-corrected chi connectivity index (χ2v) is 6.60. The third-order valence-electron chi connectivity index (χ3n) is 5.07. The molecule has 1 aromatic rings. The van der Waals surface area contributed by atoms with Crippen molar-refractivity contribution in [3.05, 3.63) is 29.8 Å². The molecule has 4 N–H and O–H groups in total. The van der Waals surface area contributed by atoms with Crippen molar-refractivity contribution in [2.24, 2.45) is 5.92 Å². The van der Waals surface area contributed by atoms with Crippen LogP contribution in [0.1, 0.15) is 29.6 Å². The number of aromatic carboxylic acids is 1. The average Bonchev–Trinajstić information content (AvgIpc) is 2.92. The second kappa shape index (κ2) is 6.66. The Kier molecular flexibility index (Phi) is 4.54. The zero-order chi connectivity index (χ0) is 18.9. The molecule has 0 aromatic heterocycles. The van der Waals surface area contributed by atoms with Gasteiger partial charge < -0.3 is 25.7 Å². The Hall–Kier alpha value is -3.10. The summed E-state index contributed by atoms with van der Waals surface area (Å²) in [6, 6.07) is 5.46. The zero-order valence-corrected chi connectivity index (χ0v) is 13.9. The molecule has 9 nitrogen and oxygen atoms in total. The van der Waals surface area contributed by atoms with Gasteiger partial charge in [-0.1, -0.05) is 0 Å². The topological polar surface area (TPSA) is 136 Å². The van der Waals surface area contributed by atoms with Crippen molar-refractivity contribution in [2.45, 2.75) is 24.8 Å². The molecule has 2 heterocycles. The van der Waals surface area contributed by atoms with Gasteiger partial charge >= 0.3 is 18.0 Å². The number of urea groups is 1. The van der Waals surface area contributed by atoms with Gasteiger partial charge in [-0.2, -0.15) is 0 Å². The number of piperidine rings is 1. The number of hydrogen-bond acceptors (Lipinski definition) is 4. The summed E-state index contributed by atoms with van der Waals surface area (Å²) in [5.74, 6) is -3.09. The minimum Gasteiger partial charge on any atom is -0.481 e. The van der Waals surface area contributed by atoms with Crippen LogP contribution in [0.3, 0.4) is 0 Å². The number of carbonyl (C=O) groups is 4.